The Balaban J connectivity index is 4.00. The third-order valence-corrected chi connectivity index (χ3v) is 2.95. The van der Waals surface area contributed by atoms with Crippen LogP contribution >= 0.6 is 45.2 Å². The summed E-state index contributed by atoms with van der Waals surface area (Å²) in [4.78, 5) is 0. The molecule has 0 aromatic rings. The van der Waals surface area contributed by atoms with Crippen LogP contribution in [-0.2, 0) is 0 Å². The van der Waals surface area contributed by atoms with Crippen molar-refractivity contribution in [3.05, 3.63) is 0 Å². The SMILES string of the molecule is FC(F)(F)C(F)(I)CCCI. The van der Waals surface area contributed by atoms with Gasteiger partial charge >= 0.3 is 6.18 Å². The molecule has 0 bridgehead atoms. The van der Waals surface area contributed by atoms with Crippen molar-refractivity contribution < 1.29 is 17.6 Å². The first kappa shape index (κ1) is 12.2. The second-order valence-corrected chi connectivity index (χ2v) is 4.78. The van der Waals surface area contributed by atoms with E-state index in [9.17, 15) is 17.6 Å². The Morgan fingerprint density at radius 1 is 1.09 bits per heavy atom. The van der Waals surface area contributed by atoms with E-state index in [2.05, 4.69) is 0 Å². The van der Waals surface area contributed by atoms with E-state index in [1.807, 2.05) is 22.6 Å². The first-order chi connectivity index (χ1) is 4.81. The van der Waals surface area contributed by atoms with Gasteiger partial charge in [0.05, 0.1) is 0 Å². The van der Waals surface area contributed by atoms with Crippen molar-refractivity contribution in [3.8, 4) is 0 Å². The standard InChI is InChI=1S/C5H6F4I2/c6-4(11,2-1-3-10)5(7,8)9/h1-3H2. The van der Waals surface area contributed by atoms with Crippen LogP contribution in [0.15, 0.2) is 0 Å². The lowest BCUT2D eigenvalue weighted by Gasteiger charge is -2.20. The van der Waals surface area contributed by atoms with Crippen molar-refractivity contribution in [3.63, 3.8) is 0 Å². The normalized spacial score (nSPS) is 18.0. The van der Waals surface area contributed by atoms with E-state index in [1.54, 1.807) is 0 Å². The highest BCUT2D eigenvalue weighted by atomic mass is 127. The van der Waals surface area contributed by atoms with E-state index in [-0.39, 0.29) is 6.42 Å². The molecule has 0 aliphatic carbocycles. The van der Waals surface area contributed by atoms with Gasteiger partial charge in [-0.2, -0.15) is 13.2 Å². The maximum absolute atomic E-state index is 12.6. The number of hydrogen-bond acceptors (Lipinski definition) is 0. The van der Waals surface area contributed by atoms with Crippen LogP contribution < -0.4 is 0 Å². The van der Waals surface area contributed by atoms with Crippen LogP contribution in [0.3, 0.4) is 0 Å². The molecular formula is C5H6F4I2. The lowest BCUT2D eigenvalue weighted by atomic mass is 10.2. The quantitative estimate of drug-likeness (QED) is 0.386. The zero-order valence-electron chi connectivity index (χ0n) is 5.39. The van der Waals surface area contributed by atoms with E-state index in [0.29, 0.717) is 4.43 Å². The summed E-state index contributed by atoms with van der Waals surface area (Å²) < 4.78 is 45.5. The smallest absolute Gasteiger partial charge is 0.222 e. The molecule has 6 heteroatoms. The summed E-state index contributed by atoms with van der Waals surface area (Å²) >= 11 is 2.73. The monoisotopic (exact) mass is 396 g/mol. The van der Waals surface area contributed by atoms with Crippen LogP contribution in [0, 0.1) is 0 Å². The fraction of sp³-hybridized carbons (Fsp3) is 1.00. The molecule has 0 N–H and O–H groups in total. The molecule has 0 nitrogen and oxygen atoms in total. The van der Waals surface area contributed by atoms with E-state index in [4.69, 9.17) is 0 Å². The molecule has 1 unspecified atom stereocenters. The van der Waals surface area contributed by atoms with Gasteiger partial charge in [0.2, 0.25) is 0 Å². The van der Waals surface area contributed by atoms with Crippen LogP contribution in [0.5, 0.6) is 0 Å². The van der Waals surface area contributed by atoms with E-state index in [0.717, 1.165) is 22.6 Å². The van der Waals surface area contributed by atoms with Gasteiger partial charge in [0.15, 0.2) is 0 Å². The Bertz CT molecular complexity index is 120. The molecule has 0 rings (SSSR count). The molecule has 0 spiro atoms. The van der Waals surface area contributed by atoms with Crippen LogP contribution in [0.1, 0.15) is 12.8 Å². The zero-order chi connectivity index (χ0) is 9.12. The van der Waals surface area contributed by atoms with Crippen LogP contribution in [0.2, 0.25) is 0 Å². The van der Waals surface area contributed by atoms with Crippen molar-refractivity contribution in [1.82, 2.24) is 0 Å². The maximum Gasteiger partial charge on any atom is 0.431 e. The number of halogens is 6. The van der Waals surface area contributed by atoms with E-state index >= 15 is 0 Å². The fourth-order valence-corrected chi connectivity index (χ4v) is 1.19. The minimum Gasteiger partial charge on any atom is -0.222 e. The summed E-state index contributed by atoms with van der Waals surface area (Å²) in [5, 5.41) is 0. The van der Waals surface area contributed by atoms with E-state index in [1.165, 1.54) is 0 Å². The number of alkyl halides is 6. The Morgan fingerprint density at radius 2 is 1.55 bits per heavy atom. The molecule has 0 saturated carbocycles. The molecule has 0 heterocycles. The summed E-state index contributed by atoms with van der Waals surface area (Å²) in [7, 11) is 0. The van der Waals surface area contributed by atoms with Gasteiger partial charge in [-0.3, -0.25) is 0 Å². The minimum absolute atomic E-state index is 0.250. The lowest BCUT2D eigenvalue weighted by molar-refractivity contribution is -0.189. The Labute approximate surface area is 89.4 Å². The molecule has 0 radical (unpaired) electrons. The van der Waals surface area contributed by atoms with Gasteiger partial charge in [0, 0.05) is 6.42 Å². The van der Waals surface area contributed by atoms with Gasteiger partial charge in [-0.15, -0.1) is 0 Å². The summed E-state index contributed by atoms with van der Waals surface area (Å²) in [5.74, 6) is 0. The highest BCUT2D eigenvalue weighted by Gasteiger charge is 2.53. The maximum atomic E-state index is 12.6. The van der Waals surface area contributed by atoms with Crippen molar-refractivity contribution in [2.45, 2.75) is 22.7 Å². The number of rotatable bonds is 3. The first-order valence-electron chi connectivity index (χ1n) is 2.82. The molecule has 11 heavy (non-hydrogen) atoms. The molecule has 0 aliphatic rings. The highest BCUT2D eigenvalue weighted by Crippen LogP contribution is 2.43. The Morgan fingerprint density at radius 3 is 1.82 bits per heavy atom. The number of hydrogen-bond donors (Lipinski definition) is 0. The first-order valence-corrected chi connectivity index (χ1v) is 5.42. The second kappa shape index (κ2) is 4.43. The van der Waals surface area contributed by atoms with E-state index < -0.39 is 16.3 Å². The summed E-state index contributed by atoms with van der Waals surface area (Å²) in [5.41, 5.74) is 0. The van der Waals surface area contributed by atoms with Crippen molar-refractivity contribution >= 4 is 45.2 Å². The molecular weight excluding hydrogens is 390 g/mol. The summed E-state index contributed by atoms with van der Waals surface area (Å²) in [6.07, 6.45) is -4.95. The molecule has 1 atom stereocenters. The third kappa shape index (κ3) is 4.09. The van der Waals surface area contributed by atoms with Crippen LogP contribution in [0.25, 0.3) is 0 Å². The highest BCUT2D eigenvalue weighted by molar-refractivity contribution is 14.1. The van der Waals surface area contributed by atoms with Gasteiger partial charge in [-0.25, -0.2) is 4.39 Å². The fourth-order valence-electron chi connectivity index (χ4n) is 0.431. The minimum atomic E-state index is -4.74. The van der Waals surface area contributed by atoms with Gasteiger partial charge < -0.3 is 0 Å². The Hall–Kier alpha value is 1.18. The molecule has 0 aromatic carbocycles. The summed E-state index contributed by atoms with van der Waals surface area (Å²) in [6, 6.07) is 0. The zero-order valence-corrected chi connectivity index (χ0v) is 9.70. The van der Waals surface area contributed by atoms with Crippen molar-refractivity contribution in [2.24, 2.45) is 0 Å². The lowest BCUT2D eigenvalue weighted by Crippen LogP contribution is -2.34. The van der Waals surface area contributed by atoms with Crippen LogP contribution in [-0.4, -0.2) is 14.3 Å². The average Bonchev–Trinajstić information content (AvgIpc) is 1.81. The summed E-state index contributed by atoms with van der Waals surface area (Å²) in [6.45, 7) is 0. The third-order valence-electron chi connectivity index (χ3n) is 1.04. The van der Waals surface area contributed by atoms with Crippen molar-refractivity contribution in [1.29, 1.82) is 0 Å². The van der Waals surface area contributed by atoms with Crippen LogP contribution in [0.4, 0.5) is 17.6 Å². The predicted molar refractivity (Wildman–Crippen MR) is 52.0 cm³/mol. The molecule has 0 aliphatic heterocycles. The molecule has 0 saturated heterocycles. The van der Waals surface area contributed by atoms with Gasteiger partial charge in [0.25, 0.3) is 3.68 Å². The largest absolute Gasteiger partial charge is 0.431 e. The Kier molecular flexibility index (Phi) is 4.90. The van der Waals surface area contributed by atoms with Gasteiger partial charge in [0.1, 0.15) is 0 Å². The topological polar surface area (TPSA) is 0 Å². The predicted octanol–water partition coefficient (Wildman–Crippen LogP) is 3.86. The second-order valence-electron chi connectivity index (χ2n) is 1.99. The van der Waals surface area contributed by atoms with Crippen molar-refractivity contribution in [2.75, 3.05) is 4.43 Å². The van der Waals surface area contributed by atoms with Gasteiger partial charge in [-0.05, 0) is 33.4 Å². The molecule has 68 valence electrons. The molecule has 0 amide bonds. The molecule has 0 fully saturated rings. The van der Waals surface area contributed by atoms with Gasteiger partial charge in [-0.1, -0.05) is 22.6 Å². The average molecular weight is 396 g/mol. The molecule has 0 aromatic heterocycles.